The van der Waals surface area contributed by atoms with E-state index in [9.17, 15) is 0 Å². The van der Waals surface area contributed by atoms with Gasteiger partial charge in [-0.25, -0.2) is 0 Å². The van der Waals surface area contributed by atoms with E-state index in [0.717, 1.165) is 19.1 Å². The molecule has 2 aliphatic rings. The molecule has 100 valence electrons. The number of rotatable bonds is 3. The lowest BCUT2D eigenvalue weighted by molar-refractivity contribution is 0.0613. The molecule has 0 spiro atoms. The zero-order chi connectivity index (χ0) is 12.4. The summed E-state index contributed by atoms with van der Waals surface area (Å²) in [6.45, 7) is 3.07. The summed E-state index contributed by atoms with van der Waals surface area (Å²) in [5, 5.41) is 3.44. The predicted molar refractivity (Wildman–Crippen MR) is 72.7 cm³/mol. The second-order valence-electron chi connectivity index (χ2n) is 5.72. The van der Waals surface area contributed by atoms with Crippen molar-refractivity contribution in [1.29, 1.82) is 0 Å². The molecule has 18 heavy (non-hydrogen) atoms. The van der Waals surface area contributed by atoms with Crippen molar-refractivity contribution in [3.8, 4) is 0 Å². The van der Waals surface area contributed by atoms with Gasteiger partial charge in [-0.2, -0.15) is 0 Å². The Morgan fingerprint density at radius 3 is 2.89 bits per heavy atom. The molecule has 1 aromatic rings. The van der Waals surface area contributed by atoms with Crippen LogP contribution in [-0.2, 0) is 17.7 Å². The largest absolute Gasteiger partial charge is 0.381 e. The van der Waals surface area contributed by atoms with Crippen molar-refractivity contribution in [1.82, 2.24) is 9.88 Å². The lowest BCUT2D eigenvalue weighted by Crippen LogP contribution is -2.20. The average molecular weight is 248 g/mol. The summed E-state index contributed by atoms with van der Waals surface area (Å²) in [6, 6.07) is 0.574. The minimum atomic E-state index is 0.574. The van der Waals surface area contributed by atoms with Gasteiger partial charge < -0.3 is 14.6 Å². The lowest BCUT2D eigenvalue weighted by atomic mass is 9.91. The standard InChI is InChI=1S/C15H24N2O/c1-16-15-4-2-3-13-10-17(11-14(13)15)9-12-5-7-18-8-6-12/h10-12,15-16H,2-9H2,1H3. The predicted octanol–water partition coefficient (Wildman–Crippen LogP) is 2.51. The number of fused-ring (bicyclic) bond motifs is 1. The molecule has 0 amide bonds. The van der Waals surface area contributed by atoms with Crippen LogP contribution in [0.4, 0.5) is 0 Å². The fourth-order valence-corrected chi connectivity index (χ4v) is 3.38. The van der Waals surface area contributed by atoms with Gasteiger partial charge in [0.1, 0.15) is 0 Å². The highest BCUT2D eigenvalue weighted by Crippen LogP contribution is 2.30. The zero-order valence-electron chi connectivity index (χ0n) is 11.3. The van der Waals surface area contributed by atoms with Crippen LogP contribution in [0.3, 0.4) is 0 Å². The van der Waals surface area contributed by atoms with Crippen LogP contribution < -0.4 is 5.32 Å². The molecule has 1 aromatic heterocycles. The summed E-state index contributed by atoms with van der Waals surface area (Å²) in [5.74, 6) is 0.806. The highest BCUT2D eigenvalue weighted by molar-refractivity contribution is 5.30. The second-order valence-corrected chi connectivity index (χ2v) is 5.72. The van der Waals surface area contributed by atoms with Gasteiger partial charge in [-0.1, -0.05) is 0 Å². The third-order valence-electron chi connectivity index (χ3n) is 4.47. The Morgan fingerprint density at radius 1 is 1.28 bits per heavy atom. The van der Waals surface area contributed by atoms with Gasteiger partial charge in [0.05, 0.1) is 0 Å². The first-order chi connectivity index (χ1) is 8.86. The SMILES string of the molecule is CNC1CCCc2cn(CC3CCOCC3)cc21. The highest BCUT2D eigenvalue weighted by Gasteiger charge is 2.21. The van der Waals surface area contributed by atoms with E-state index in [1.165, 1.54) is 44.2 Å². The third-order valence-corrected chi connectivity index (χ3v) is 4.47. The summed E-state index contributed by atoms with van der Waals surface area (Å²) < 4.78 is 7.86. The van der Waals surface area contributed by atoms with Gasteiger partial charge in [0.2, 0.25) is 0 Å². The molecule has 1 saturated heterocycles. The zero-order valence-corrected chi connectivity index (χ0v) is 11.3. The molecule has 1 unspecified atom stereocenters. The fourth-order valence-electron chi connectivity index (χ4n) is 3.38. The summed E-state index contributed by atoms with van der Waals surface area (Å²) in [4.78, 5) is 0. The molecular formula is C15H24N2O. The van der Waals surface area contributed by atoms with Crippen LogP contribution >= 0.6 is 0 Å². The first kappa shape index (κ1) is 12.2. The molecule has 0 aromatic carbocycles. The van der Waals surface area contributed by atoms with E-state index in [1.54, 1.807) is 5.56 Å². The first-order valence-electron chi connectivity index (χ1n) is 7.30. The molecule has 0 saturated carbocycles. The van der Waals surface area contributed by atoms with Crippen LogP contribution in [-0.4, -0.2) is 24.8 Å². The van der Waals surface area contributed by atoms with Crippen molar-refractivity contribution in [2.45, 2.75) is 44.7 Å². The van der Waals surface area contributed by atoms with Crippen molar-refractivity contribution in [2.75, 3.05) is 20.3 Å². The Balaban J connectivity index is 1.71. The van der Waals surface area contributed by atoms with Crippen molar-refractivity contribution in [2.24, 2.45) is 5.92 Å². The third kappa shape index (κ3) is 2.47. The summed E-state index contributed by atoms with van der Waals surface area (Å²) in [5.41, 5.74) is 3.10. The van der Waals surface area contributed by atoms with Gasteiger partial charge in [0, 0.05) is 38.2 Å². The average Bonchev–Trinajstić information content (AvgIpc) is 2.82. The molecule has 3 nitrogen and oxygen atoms in total. The van der Waals surface area contributed by atoms with E-state index >= 15 is 0 Å². The second kappa shape index (κ2) is 5.45. The number of aromatic nitrogens is 1. The van der Waals surface area contributed by atoms with E-state index in [4.69, 9.17) is 4.74 Å². The number of ether oxygens (including phenoxy) is 1. The van der Waals surface area contributed by atoms with Crippen molar-refractivity contribution < 1.29 is 4.74 Å². The number of aryl methyl sites for hydroxylation is 1. The Morgan fingerprint density at radius 2 is 2.11 bits per heavy atom. The highest BCUT2D eigenvalue weighted by atomic mass is 16.5. The van der Waals surface area contributed by atoms with Gasteiger partial charge in [0.15, 0.2) is 0 Å². The maximum absolute atomic E-state index is 5.43. The van der Waals surface area contributed by atoms with Gasteiger partial charge in [-0.15, -0.1) is 0 Å². The molecule has 3 heteroatoms. The van der Waals surface area contributed by atoms with Crippen molar-refractivity contribution in [3.05, 3.63) is 23.5 Å². The molecule has 1 N–H and O–H groups in total. The van der Waals surface area contributed by atoms with Gasteiger partial charge in [-0.05, 0) is 56.2 Å². The van der Waals surface area contributed by atoms with E-state index in [-0.39, 0.29) is 0 Å². The van der Waals surface area contributed by atoms with Gasteiger partial charge in [-0.3, -0.25) is 0 Å². The van der Waals surface area contributed by atoms with Crippen LogP contribution in [0.15, 0.2) is 12.4 Å². The van der Waals surface area contributed by atoms with E-state index < -0.39 is 0 Å². The summed E-state index contributed by atoms with van der Waals surface area (Å²) in [7, 11) is 2.08. The minimum absolute atomic E-state index is 0.574. The molecule has 3 rings (SSSR count). The number of nitrogens with one attached hydrogen (secondary N) is 1. The molecule has 1 fully saturated rings. The Bertz CT molecular complexity index is 393. The fraction of sp³-hybridized carbons (Fsp3) is 0.733. The minimum Gasteiger partial charge on any atom is -0.381 e. The van der Waals surface area contributed by atoms with Gasteiger partial charge in [0.25, 0.3) is 0 Å². The molecule has 1 atom stereocenters. The lowest BCUT2D eigenvalue weighted by Gasteiger charge is -2.22. The number of nitrogens with zero attached hydrogens (tertiary/aromatic N) is 1. The van der Waals surface area contributed by atoms with Crippen LogP contribution in [0.2, 0.25) is 0 Å². The molecule has 1 aliphatic carbocycles. The molecular weight excluding hydrogens is 224 g/mol. The molecule has 1 aliphatic heterocycles. The number of hydrogen-bond donors (Lipinski definition) is 1. The Kier molecular flexibility index (Phi) is 3.71. The number of hydrogen-bond acceptors (Lipinski definition) is 2. The van der Waals surface area contributed by atoms with Crippen LogP contribution in [0.5, 0.6) is 0 Å². The van der Waals surface area contributed by atoms with E-state index in [2.05, 4.69) is 29.3 Å². The van der Waals surface area contributed by atoms with E-state index in [0.29, 0.717) is 6.04 Å². The maximum Gasteiger partial charge on any atom is 0.0469 e. The van der Waals surface area contributed by atoms with E-state index in [1.807, 2.05) is 0 Å². The van der Waals surface area contributed by atoms with Gasteiger partial charge >= 0.3 is 0 Å². The first-order valence-corrected chi connectivity index (χ1v) is 7.30. The normalized spacial score (nSPS) is 25.1. The smallest absolute Gasteiger partial charge is 0.0469 e. The maximum atomic E-state index is 5.43. The Hall–Kier alpha value is -0.800. The Labute approximate surface area is 110 Å². The molecule has 0 bridgehead atoms. The quantitative estimate of drug-likeness (QED) is 0.889. The molecule has 0 radical (unpaired) electrons. The van der Waals surface area contributed by atoms with Crippen LogP contribution in [0, 0.1) is 5.92 Å². The van der Waals surface area contributed by atoms with Crippen molar-refractivity contribution in [3.63, 3.8) is 0 Å². The molecule has 2 heterocycles. The van der Waals surface area contributed by atoms with Crippen molar-refractivity contribution >= 4 is 0 Å². The van der Waals surface area contributed by atoms with Crippen LogP contribution in [0.1, 0.15) is 42.9 Å². The summed E-state index contributed by atoms with van der Waals surface area (Å²) >= 11 is 0. The summed E-state index contributed by atoms with van der Waals surface area (Å²) in [6.07, 6.45) is 11.1. The monoisotopic (exact) mass is 248 g/mol. The van der Waals surface area contributed by atoms with Crippen LogP contribution in [0.25, 0.3) is 0 Å². The topological polar surface area (TPSA) is 26.2 Å².